The Kier molecular flexibility index (Phi) is 4.48. The molecular weight excluding hydrogens is 264 g/mol. The first-order valence-electron chi connectivity index (χ1n) is 8.24. The van der Waals surface area contributed by atoms with Gasteiger partial charge in [-0.3, -0.25) is 14.5 Å². The Morgan fingerprint density at radius 3 is 2.24 bits per heavy atom. The second-order valence-corrected chi connectivity index (χ2v) is 8.42. The van der Waals surface area contributed by atoms with Gasteiger partial charge in [0.2, 0.25) is 11.8 Å². The number of hydrogen-bond acceptors (Lipinski definition) is 3. The Balaban J connectivity index is 2.02. The SMILES string of the molecule is CCCN1C(=O)CC(NC2CC(C)(C)CC(C)(C)C2)C1=O. The van der Waals surface area contributed by atoms with Gasteiger partial charge in [-0.15, -0.1) is 0 Å². The van der Waals surface area contributed by atoms with Crippen LogP contribution < -0.4 is 5.32 Å². The van der Waals surface area contributed by atoms with Gasteiger partial charge in [-0.05, 0) is 36.5 Å². The Morgan fingerprint density at radius 1 is 1.14 bits per heavy atom. The van der Waals surface area contributed by atoms with Crippen molar-refractivity contribution in [1.29, 1.82) is 0 Å². The molecule has 120 valence electrons. The van der Waals surface area contributed by atoms with Gasteiger partial charge in [-0.1, -0.05) is 34.6 Å². The molecule has 0 aromatic carbocycles. The van der Waals surface area contributed by atoms with Crippen LogP contribution in [0.25, 0.3) is 0 Å². The summed E-state index contributed by atoms with van der Waals surface area (Å²) >= 11 is 0. The maximum atomic E-state index is 12.3. The third-order valence-electron chi connectivity index (χ3n) is 4.68. The fourth-order valence-corrected chi connectivity index (χ4v) is 4.52. The van der Waals surface area contributed by atoms with Crippen molar-refractivity contribution < 1.29 is 9.59 Å². The molecule has 2 amide bonds. The van der Waals surface area contributed by atoms with Gasteiger partial charge in [0.05, 0.1) is 12.5 Å². The second kappa shape index (κ2) is 5.71. The van der Waals surface area contributed by atoms with Crippen LogP contribution in [0.5, 0.6) is 0 Å². The fraction of sp³-hybridized carbons (Fsp3) is 0.882. The predicted octanol–water partition coefficient (Wildman–Crippen LogP) is 2.72. The van der Waals surface area contributed by atoms with E-state index >= 15 is 0 Å². The summed E-state index contributed by atoms with van der Waals surface area (Å²) in [7, 11) is 0. The van der Waals surface area contributed by atoms with Gasteiger partial charge in [0.1, 0.15) is 0 Å². The zero-order valence-electron chi connectivity index (χ0n) is 14.2. The average molecular weight is 294 g/mol. The van der Waals surface area contributed by atoms with Gasteiger partial charge in [0.25, 0.3) is 0 Å². The summed E-state index contributed by atoms with van der Waals surface area (Å²) in [6.07, 6.45) is 4.51. The number of rotatable bonds is 4. The zero-order valence-corrected chi connectivity index (χ0v) is 14.2. The van der Waals surface area contributed by atoms with Crippen molar-refractivity contribution in [3.63, 3.8) is 0 Å². The Labute approximate surface area is 128 Å². The van der Waals surface area contributed by atoms with E-state index in [0.29, 0.717) is 19.0 Å². The summed E-state index contributed by atoms with van der Waals surface area (Å²) in [5.41, 5.74) is 0.572. The van der Waals surface area contributed by atoms with Crippen LogP contribution >= 0.6 is 0 Å². The van der Waals surface area contributed by atoms with Crippen molar-refractivity contribution >= 4 is 11.8 Å². The molecule has 1 heterocycles. The van der Waals surface area contributed by atoms with Crippen LogP contribution in [-0.4, -0.2) is 35.3 Å². The van der Waals surface area contributed by atoms with E-state index in [1.54, 1.807) is 0 Å². The van der Waals surface area contributed by atoms with Gasteiger partial charge in [0, 0.05) is 12.6 Å². The summed E-state index contributed by atoms with van der Waals surface area (Å²) in [5.74, 6) is -0.0447. The van der Waals surface area contributed by atoms with Crippen LogP contribution in [0, 0.1) is 10.8 Å². The maximum Gasteiger partial charge on any atom is 0.246 e. The number of nitrogens with one attached hydrogen (secondary N) is 1. The van der Waals surface area contributed by atoms with E-state index in [-0.39, 0.29) is 28.7 Å². The van der Waals surface area contributed by atoms with Crippen LogP contribution in [-0.2, 0) is 9.59 Å². The predicted molar refractivity (Wildman–Crippen MR) is 83.8 cm³/mol. The molecule has 1 aliphatic carbocycles. The van der Waals surface area contributed by atoms with E-state index in [1.807, 2.05) is 6.92 Å². The molecular formula is C17H30N2O2. The molecule has 2 fully saturated rings. The molecule has 1 aliphatic heterocycles. The lowest BCUT2D eigenvalue weighted by atomic mass is 9.63. The van der Waals surface area contributed by atoms with Crippen LogP contribution in [0.3, 0.4) is 0 Å². The normalized spacial score (nSPS) is 29.2. The van der Waals surface area contributed by atoms with E-state index < -0.39 is 0 Å². The topological polar surface area (TPSA) is 49.4 Å². The number of likely N-dealkylation sites (tertiary alicyclic amines) is 1. The molecule has 4 nitrogen and oxygen atoms in total. The summed E-state index contributed by atoms with van der Waals surface area (Å²) in [4.78, 5) is 25.7. The van der Waals surface area contributed by atoms with Gasteiger partial charge < -0.3 is 5.32 Å². The molecule has 0 bridgehead atoms. The standard InChI is InChI=1S/C17H30N2O2/c1-6-7-19-14(20)8-13(15(19)21)18-12-9-16(2,3)11-17(4,5)10-12/h12-13,18H,6-11H2,1-5H3. The molecule has 1 N–H and O–H groups in total. The monoisotopic (exact) mass is 294 g/mol. The first-order valence-corrected chi connectivity index (χ1v) is 8.24. The van der Waals surface area contributed by atoms with Crippen molar-refractivity contribution in [2.45, 2.75) is 78.8 Å². The van der Waals surface area contributed by atoms with Crippen LogP contribution in [0.1, 0.15) is 66.7 Å². The molecule has 1 saturated carbocycles. The third kappa shape index (κ3) is 3.85. The van der Waals surface area contributed by atoms with Crippen molar-refractivity contribution in [3.8, 4) is 0 Å². The minimum atomic E-state index is -0.307. The average Bonchev–Trinajstić information content (AvgIpc) is 2.53. The molecule has 2 aliphatic rings. The zero-order chi connectivity index (χ0) is 15.8. The number of carbonyl (C=O) groups excluding carboxylic acids is 2. The van der Waals surface area contributed by atoms with Crippen molar-refractivity contribution in [2.75, 3.05) is 6.54 Å². The van der Waals surface area contributed by atoms with E-state index in [9.17, 15) is 9.59 Å². The highest BCUT2D eigenvalue weighted by Crippen LogP contribution is 2.45. The quantitative estimate of drug-likeness (QED) is 0.811. The van der Waals surface area contributed by atoms with Crippen LogP contribution in [0.2, 0.25) is 0 Å². The number of nitrogens with zero attached hydrogens (tertiary/aromatic N) is 1. The van der Waals surface area contributed by atoms with E-state index in [2.05, 4.69) is 33.0 Å². The summed E-state index contributed by atoms with van der Waals surface area (Å²) in [6.45, 7) is 11.7. The minimum Gasteiger partial charge on any atom is -0.303 e. The molecule has 0 aromatic rings. The Hall–Kier alpha value is -0.900. The van der Waals surface area contributed by atoms with Gasteiger partial charge in [0.15, 0.2) is 0 Å². The second-order valence-electron chi connectivity index (χ2n) is 8.42. The van der Waals surface area contributed by atoms with E-state index in [4.69, 9.17) is 0 Å². The summed E-state index contributed by atoms with van der Waals surface area (Å²) in [5, 5.41) is 3.49. The van der Waals surface area contributed by atoms with Crippen molar-refractivity contribution in [1.82, 2.24) is 10.2 Å². The first-order chi connectivity index (χ1) is 9.63. The molecule has 1 saturated heterocycles. The highest BCUT2D eigenvalue weighted by molar-refractivity contribution is 6.05. The maximum absolute atomic E-state index is 12.3. The molecule has 4 heteroatoms. The van der Waals surface area contributed by atoms with Crippen LogP contribution in [0.4, 0.5) is 0 Å². The lowest BCUT2D eigenvalue weighted by Crippen LogP contribution is -2.49. The molecule has 1 unspecified atom stereocenters. The highest BCUT2D eigenvalue weighted by Gasteiger charge is 2.43. The molecule has 21 heavy (non-hydrogen) atoms. The summed E-state index contributed by atoms with van der Waals surface area (Å²) in [6, 6.07) is 0.0193. The largest absolute Gasteiger partial charge is 0.303 e. The Bertz CT molecular complexity index is 413. The third-order valence-corrected chi connectivity index (χ3v) is 4.68. The molecule has 1 atom stereocenters. The first kappa shape index (κ1) is 16.5. The Morgan fingerprint density at radius 2 is 1.71 bits per heavy atom. The van der Waals surface area contributed by atoms with Crippen molar-refractivity contribution in [2.24, 2.45) is 10.8 Å². The number of hydrogen-bond donors (Lipinski definition) is 1. The summed E-state index contributed by atoms with van der Waals surface area (Å²) < 4.78 is 0. The molecule has 2 rings (SSSR count). The van der Waals surface area contributed by atoms with Gasteiger partial charge in [-0.25, -0.2) is 0 Å². The lowest BCUT2D eigenvalue weighted by molar-refractivity contribution is -0.139. The smallest absolute Gasteiger partial charge is 0.246 e. The molecule has 0 aromatic heterocycles. The number of imide groups is 1. The van der Waals surface area contributed by atoms with Gasteiger partial charge >= 0.3 is 0 Å². The minimum absolute atomic E-state index is 0.0197. The molecule has 0 spiro atoms. The van der Waals surface area contributed by atoms with Crippen molar-refractivity contribution in [3.05, 3.63) is 0 Å². The van der Waals surface area contributed by atoms with Gasteiger partial charge in [-0.2, -0.15) is 0 Å². The molecule has 0 radical (unpaired) electrons. The van der Waals surface area contributed by atoms with Crippen LogP contribution in [0.15, 0.2) is 0 Å². The highest BCUT2D eigenvalue weighted by atomic mass is 16.2. The number of carbonyl (C=O) groups is 2. The van der Waals surface area contributed by atoms with E-state index in [0.717, 1.165) is 19.3 Å². The van der Waals surface area contributed by atoms with E-state index in [1.165, 1.54) is 11.3 Å². The fourth-order valence-electron chi connectivity index (χ4n) is 4.52. The number of amides is 2. The lowest BCUT2D eigenvalue weighted by Gasteiger charge is -2.45.